The van der Waals surface area contributed by atoms with Gasteiger partial charge in [-0.3, -0.25) is 4.79 Å². The maximum Gasteiger partial charge on any atom is 0.317 e. The molecule has 1 aliphatic rings. The number of carbonyl (C=O) groups is 2. The van der Waals surface area contributed by atoms with E-state index in [4.69, 9.17) is 5.11 Å². The number of aliphatic carboxylic acids is 1. The van der Waals surface area contributed by atoms with E-state index in [9.17, 15) is 9.59 Å². The van der Waals surface area contributed by atoms with Crippen LogP contribution in [0.15, 0.2) is 0 Å². The van der Waals surface area contributed by atoms with Crippen molar-refractivity contribution in [3.05, 3.63) is 0 Å². The fourth-order valence-corrected chi connectivity index (χ4v) is 1.77. The molecule has 1 atom stereocenters. The SMILES string of the molecule is CCCCN(C(=O)NC(C)CC(=O)O)C1CC1. The minimum Gasteiger partial charge on any atom is -0.481 e. The maximum atomic E-state index is 11.9. The first-order valence-corrected chi connectivity index (χ1v) is 6.33. The van der Waals surface area contributed by atoms with Crippen molar-refractivity contribution in [3.63, 3.8) is 0 Å². The van der Waals surface area contributed by atoms with Crippen LogP contribution in [0.25, 0.3) is 0 Å². The summed E-state index contributed by atoms with van der Waals surface area (Å²) in [5.41, 5.74) is 0. The van der Waals surface area contributed by atoms with E-state index in [2.05, 4.69) is 12.2 Å². The van der Waals surface area contributed by atoms with Gasteiger partial charge in [0.05, 0.1) is 6.42 Å². The molecule has 5 nitrogen and oxygen atoms in total. The third-order valence-electron chi connectivity index (χ3n) is 2.85. The van der Waals surface area contributed by atoms with Gasteiger partial charge in [-0.2, -0.15) is 0 Å². The van der Waals surface area contributed by atoms with Crippen molar-refractivity contribution in [1.82, 2.24) is 10.2 Å². The monoisotopic (exact) mass is 242 g/mol. The van der Waals surface area contributed by atoms with Gasteiger partial charge >= 0.3 is 12.0 Å². The molecular weight excluding hydrogens is 220 g/mol. The van der Waals surface area contributed by atoms with Crippen LogP contribution >= 0.6 is 0 Å². The summed E-state index contributed by atoms with van der Waals surface area (Å²) in [7, 11) is 0. The summed E-state index contributed by atoms with van der Waals surface area (Å²) in [5, 5.41) is 11.4. The Morgan fingerprint density at radius 2 is 2.12 bits per heavy atom. The van der Waals surface area contributed by atoms with Crippen LogP contribution in [0.1, 0.15) is 46.0 Å². The Morgan fingerprint density at radius 3 is 2.59 bits per heavy atom. The number of carboxylic acids is 1. The largest absolute Gasteiger partial charge is 0.481 e. The molecule has 1 saturated carbocycles. The molecule has 5 heteroatoms. The molecule has 0 heterocycles. The number of unbranched alkanes of at least 4 members (excludes halogenated alkanes) is 1. The second-order valence-corrected chi connectivity index (χ2v) is 4.73. The van der Waals surface area contributed by atoms with Crippen molar-refractivity contribution >= 4 is 12.0 Å². The molecule has 98 valence electrons. The summed E-state index contributed by atoms with van der Waals surface area (Å²) < 4.78 is 0. The van der Waals surface area contributed by atoms with Gasteiger partial charge < -0.3 is 15.3 Å². The Labute approximate surface area is 102 Å². The number of nitrogens with one attached hydrogen (secondary N) is 1. The van der Waals surface area contributed by atoms with Crippen molar-refractivity contribution in [2.45, 2.75) is 58.0 Å². The molecule has 17 heavy (non-hydrogen) atoms. The molecule has 2 N–H and O–H groups in total. The Balaban J connectivity index is 2.38. The van der Waals surface area contributed by atoms with Gasteiger partial charge in [0.2, 0.25) is 0 Å². The van der Waals surface area contributed by atoms with Gasteiger partial charge in [-0.1, -0.05) is 13.3 Å². The lowest BCUT2D eigenvalue weighted by Crippen LogP contribution is -2.45. The summed E-state index contributed by atoms with van der Waals surface area (Å²) in [6.45, 7) is 4.58. The van der Waals surface area contributed by atoms with Crippen LogP contribution in [0.3, 0.4) is 0 Å². The molecule has 0 spiro atoms. The maximum absolute atomic E-state index is 11.9. The molecular formula is C12H22N2O3. The first-order chi connectivity index (χ1) is 8.04. The summed E-state index contributed by atoms with van der Waals surface area (Å²) in [5.74, 6) is -0.885. The van der Waals surface area contributed by atoms with Gasteiger partial charge in [-0.25, -0.2) is 4.79 Å². The molecule has 0 aliphatic heterocycles. The lowest BCUT2D eigenvalue weighted by atomic mass is 10.2. The van der Waals surface area contributed by atoms with E-state index in [0.717, 1.165) is 32.2 Å². The molecule has 0 saturated heterocycles. The van der Waals surface area contributed by atoms with E-state index < -0.39 is 5.97 Å². The zero-order valence-electron chi connectivity index (χ0n) is 10.6. The number of amides is 2. The average molecular weight is 242 g/mol. The predicted molar refractivity (Wildman–Crippen MR) is 64.9 cm³/mol. The molecule has 0 bridgehead atoms. The highest BCUT2D eigenvalue weighted by atomic mass is 16.4. The molecule has 0 aromatic carbocycles. The fraction of sp³-hybridized carbons (Fsp3) is 0.833. The van der Waals surface area contributed by atoms with Gasteiger partial charge in [0.25, 0.3) is 0 Å². The van der Waals surface area contributed by atoms with E-state index >= 15 is 0 Å². The van der Waals surface area contributed by atoms with Gasteiger partial charge in [0.1, 0.15) is 0 Å². The van der Waals surface area contributed by atoms with Crippen LogP contribution < -0.4 is 5.32 Å². The van der Waals surface area contributed by atoms with E-state index in [-0.39, 0.29) is 18.5 Å². The molecule has 1 rings (SSSR count). The highest BCUT2D eigenvalue weighted by Crippen LogP contribution is 2.27. The Morgan fingerprint density at radius 1 is 1.47 bits per heavy atom. The first-order valence-electron chi connectivity index (χ1n) is 6.33. The fourth-order valence-electron chi connectivity index (χ4n) is 1.77. The number of carbonyl (C=O) groups excluding carboxylic acids is 1. The minimum atomic E-state index is -0.885. The molecule has 1 aliphatic carbocycles. The van der Waals surface area contributed by atoms with E-state index in [1.165, 1.54) is 0 Å². The number of urea groups is 1. The van der Waals surface area contributed by atoms with Gasteiger partial charge in [-0.05, 0) is 26.2 Å². The lowest BCUT2D eigenvalue weighted by molar-refractivity contribution is -0.137. The summed E-state index contributed by atoms with van der Waals surface area (Å²) >= 11 is 0. The topological polar surface area (TPSA) is 69.6 Å². The smallest absolute Gasteiger partial charge is 0.317 e. The van der Waals surface area contributed by atoms with Gasteiger partial charge in [-0.15, -0.1) is 0 Å². The number of carboxylic acid groups (broad SMARTS) is 1. The Bertz CT molecular complexity index is 277. The number of rotatable bonds is 7. The highest BCUT2D eigenvalue weighted by molar-refractivity contribution is 5.76. The molecule has 1 unspecified atom stereocenters. The van der Waals surface area contributed by atoms with Crippen molar-refractivity contribution < 1.29 is 14.7 Å². The van der Waals surface area contributed by atoms with Crippen LogP contribution in [0.2, 0.25) is 0 Å². The van der Waals surface area contributed by atoms with E-state index in [1.54, 1.807) is 6.92 Å². The summed E-state index contributed by atoms with van der Waals surface area (Å²) in [6, 6.07) is -0.0591. The van der Waals surface area contributed by atoms with Crippen LogP contribution in [0, 0.1) is 0 Å². The quantitative estimate of drug-likeness (QED) is 0.715. The molecule has 0 aromatic rings. The Hall–Kier alpha value is -1.26. The van der Waals surface area contributed by atoms with Crippen molar-refractivity contribution in [2.75, 3.05) is 6.54 Å². The molecule has 1 fully saturated rings. The molecule has 0 aromatic heterocycles. The summed E-state index contributed by atoms with van der Waals surface area (Å²) in [6.07, 6.45) is 4.17. The summed E-state index contributed by atoms with van der Waals surface area (Å²) in [4.78, 5) is 24.3. The molecule has 2 amide bonds. The van der Waals surface area contributed by atoms with Gasteiger partial charge in [0.15, 0.2) is 0 Å². The van der Waals surface area contributed by atoms with Crippen LogP contribution in [-0.4, -0.2) is 40.6 Å². The van der Waals surface area contributed by atoms with Crippen molar-refractivity contribution in [2.24, 2.45) is 0 Å². The predicted octanol–water partition coefficient (Wildman–Crippen LogP) is 1.82. The highest BCUT2D eigenvalue weighted by Gasteiger charge is 2.32. The lowest BCUT2D eigenvalue weighted by Gasteiger charge is -2.24. The Kier molecular flexibility index (Phi) is 5.25. The second kappa shape index (κ2) is 6.47. The van der Waals surface area contributed by atoms with Gasteiger partial charge in [0, 0.05) is 18.6 Å². The zero-order valence-corrected chi connectivity index (χ0v) is 10.6. The van der Waals surface area contributed by atoms with Crippen molar-refractivity contribution in [3.8, 4) is 0 Å². The van der Waals surface area contributed by atoms with Crippen LogP contribution in [-0.2, 0) is 4.79 Å². The van der Waals surface area contributed by atoms with Crippen molar-refractivity contribution in [1.29, 1.82) is 0 Å². The first kappa shape index (κ1) is 13.8. The average Bonchev–Trinajstić information content (AvgIpc) is 3.00. The number of hydrogen-bond donors (Lipinski definition) is 2. The minimum absolute atomic E-state index is 0.0297. The zero-order chi connectivity index (χ0) is 12.8. The molecule has 0 radical (unpaired) electrons. The van der Waals surface area contributed by atoms with Crippen LogP contribution in [0.4, 0.5) is 4.79 Å². The third-order valence-corrected chi connectivity index (χ3v) is 2.85. The third kappa shape index (κ3) is 5.06. The number of nitrogens with zero attached hydrogens (tertiary/aromatic N) is 1. The number of hydrogen-bond acceptors (Lipinski definition) is 2. The normalized spacial score (nSPS) is 16.4. The van der Waals surface area contributed by atoms with Crippen LogP contribution in [0.5, 0.6) is 0 Å². The van der Waals surface area contributed by atoms with E-state index in [0.29, 0.717) is 6.04 Å². The second-order valence-electron chi connectivity index (χ2n) is 4.73. The standard InChI is InChI=1S/C12H22N2O3/c1-3-4-7-14(10-5-6-10)12(17)13-9(2)8-11(15)16/h9-10H,3-8H2,1-2H3,(H,13,17)(H,15,16). The van der Waals surface area contributed by atoms with E-state index in [1.807, 2.05) is 4.90 Å².